The van der Waals surface area contributed by atoms with E-state index in [2.05, 4.69) is 10.3 Å². The third-order valence-corrected chi connectivity index (χ3v) is 12.1. The summed E-state index contributed by atoms with van der Waals surface area (Å²) < 4.78 is 1.28. The molecule has 1 N–H and O–H groups in total. The molecular weight excluding hydrogens is 821 g/mol. The van der Waals surface area contributed by atoms with E-state index in [1.165, 1.54) is 39.3 Å². The predicted molar refractivity (Wildman–Crippen MR) is 224 cm³/mol. The van der Waals surface area contributed by atoms with Gasteiger partial charge in [-0.05, 0) is 122 Å². The normalized spacial score (nSPS) is 13.1. The molecule has 0 aliphatic carbocycles. The highest BCUT2D eigenvalue weighted by atomic mass is 35.5. The lowest BCUT2D eigenvalue weighted by Gasteiger charge is -2.36. The van der Waals surface area contributed by atoms with Crippen molar-refractivity contribution in [2.24, 2.45) is 0 Å². The summed E-state index contributed by atoms with van der Waals surface area (Å²) in [4.78, 5) is 60.1. The first-order valence-corrected chi connectivity index (χ1v) is 19.4. The topological polar surface area (TPSA) is 126 Å². The zero-order valence-corrected chi connectivity index (χ0v) is 33.2. The maximum Gasteiger partial charge on any atom is 0.283 e. The molecule has 0 radical (unpaired) electrons. The number of thiazole rings is 1. The van der Waals surface area contributed by atoms with Crippen molar-refractivity contribution >= 4 is 132 Å². The van der Waals surface area contributed by atoms with Crippen molar-refractivity contribution in [2.75, 3.05) is 15.1 Å². The molecule has 7 rings (SSSR count). The predicted octanol–water partition coefficient (Wildman–Crippen LogP) is 10.9. The summed E-state index contributed by atoms with van der Waals surface area (Å²) in [6, 6.07) is 26.1. The number of nitro groups is 1. The molecule has 6 aromatic rings. The number of nitrogens with one attached hydrogen (secondary N) is 1. The van der Waals surface area contributed by atoms with E-state index in [0.717, 1.165) is 27.6 Å². The van der Waals surface area contributed by atoms with E-state index in [0.29, 0.717) is 47.5 Å². The molecule has 1 aromatic heterocycles. The second-order valence-electron chi connectivity index (χ2n) is 12.2. The van der Waals surface area contributed by atoms with Crippen LogP contribution in [0.5, 0.6) is 0 Å². The maximum atomic E-state index is 14.1. The molecule has 0 atom stereocenters. The van der Waals surface area contributed by atoms with E-state index in [1.54, 1.807) is 84.9 Å². The van der Waals surface area contributed by atoms with Gasteiger partial charge in [0.05, 0.1) is 31.4 Å². The Labute approximate surface area is 342 Å². The van der Waals surface area contributed by atoms with Gasteiger partial charge in [-0.1, -0.05) is 64.8 Å². The highest BCUT2D eigenvalue weighted by Gasteiger charge is 2.41. The van der Waals surface area contributed by atoms with Gasteiger partial charge in [-0.3, -0.25) is 34.3 Å². The molecule has 5 aromatic carbocycles. The Balaban J connectivity index is 1.20. The summed E-state index contributed by atoms with van der Waals surface area (Å²) in [6.45, 7) is 3.62. The van der Waals surface area contributed by atoms with E-state index in [-0.39, 0.29) is 32.7 Å². The monoisotopic (exact) mass is 843 g/mol. The Morgan fingerprint density at radius 3 is 2.05 bits per heavy atom. The molecule has 2 heterocycles. The van der Waals surface area contributed by atoms with Crippen molar-refractivity contribution in [3.05, 3.63) is 150 Å². The second kappa shape index (κ2) is 15.5. The number of nitrogens with zero attached hydrogens (tertiary/aromatic N) is 4. The molecule has 1 aliphatic heterocycles. The number of anilines is 3. The standard InChI is InChI=1S/C39H24Cl3N5O5S3/c1-20-3-11-26(18-29(20)41)45-36(49)28(37(50)46(39(45)53)27-12-4-21(2)30(42)19-27)15-22-5-14-33(32(16-22)47(51)52)54-38-44-31-13-10-25(17-34(31)55-38)43-35(48)23-6-8-24(40)9-7-23/h3-19H,1-2H3,(H,43,48). The van der Waals surface area contributed by atoms with Crippen molar-refractivity contribution in [3.8, 4) is 0 Å². The van der Waals surface area contributed by atoms with Crippen LogP contribution in [-0.2, 0) is 9.59 Å². The van der Waals surface area contributed by atoms with Crippen molar-refractivity contribution in [1.82, 2.24) is 4.98 Å². The molecule has 1 saturated heterocycles. The first-order chi connectivity index (χ1) is 26.3. The minimum absolute atomic E-state index is 0.114. The average molecular weight is 845 g/mol. The van der Waals surface area contributed by atoms with Crippen molar-refractivity contribution in [3.63, 3.8) is 0 Å². The van der Waals surface area contributed by atoms with Crippen molar-refractivity contribution < 1.29 is 19.3 Å². The number of hydrogen-bond acceptors (Lipinski definition) is 9. The van der Waals surface area contributed by atoms with Gasteiger partial charge in [0.15, 0.2) is 9.45 Å². The molecule has 10 nitrogen and oxygen atoms in total. The van der Waals surface area contributed by atoms with Gasteiger partial charge in [-0.25, -0.2) is 4.98 Å². The van der Waals surface area contributed by atoms with Crippen molar-refractivity contribution in [1.29, 1.82) is 0 Å². The zero-order valence-electron chi connectivity index (χ0n) is 28.5. The Morgan fingerprint density at radius 2 is 1.47 bits per heavy atom. The number of amides is 3. The van der Waals surface area contributed by atoms with Crippen LogP contribution < -0.4 is 15.1 Å². The molecule has 16 heteroatoms. The van der Waals surface area contributed by atoms with Gasteiger partial charge in [0, 0.05) is 32.4 Å². The third-order valence-electron chi connectivity index (χ3n) is 8.50. The number of benzene rings is 5. The van der Waals surface area contributed by atoms with Gasteiger partial charge in [-0.15, -0.1) is 11.3 Å². The molecule has 0 saturated carbocycles. The average Bonchev–Trinajstić information content (AvgIpc) is 3.55. The molecule has 1 fully saturated rings. The maximum absolute atomic E-state index is 14.1. The highest BCUT2D eigenvalue weighted by Crippen LogP contribution is 2.40. The minimum Gasteiger partial charge on any atom is -0.322 e. The van der Waals surface area contributed by atoms with Crippen molar-refractivity contribution in [2.45, 2.75) is 23.1 Å². The second-order valence-corrected chi connectivity index (χ2v) is 16.1. The lowest BCUT2D eigenvalue weighted by atomic mass is 10.0. The van der Waals surface area contributed by atoms with Crippen LogP contribution in [0.4, 0.5) is 22.7 Å². The number of carbonyl (C=O) groups excluding carboxylic acids is 3. The van der Waals surface area contributed by atoms with E-state index in [4.69, 9.17) is 47.0 Å². The molecule has 1 aliphatic rings. The summed E-state index contributed by atoms with van der Waals surface area (Å²) in [5, 5.41) is 16.4. The Hall–Kier alpha value is -5.15. The number of thiocarbonyl (C=S) groups is 1. The molecule has 3 amide bonds. The van der Waals surface area contributed by atoms with Crippen LogP contribution in [0.2, 0.25) is 15.1 Å². The van der Waals surface area contributed by atoms with Gasteiger partial charge in [0.2, 0.25) is 0 Å². The number of aryl methyl sites for hydroxylation is 2. The number of halogens is 3. The van der Waals surface area contributed by atoms with Gasteiger partial charge in [0.25, 0.3) is 23.4 Å². The zero-order chi connectivity index (χ0) is 39.1. The first kappa shape index (κ1) is 38.1. The molecule has 274 valence electrons. The molecule has 0 unspecified atom stereocenters. The summed E-state index contributed by atoms with van der Waals surface area (Å²) in [5.41, 5.74) is 3.53. The quantitative estimate of drug-likeness (QED) is 0.0528. The smallest absolute Gasteiger partial charge is 0.283 e. The summed E-state index contributed by atoms with van der Waals surface area (Å²) >= 11 is 26.9. The van der Waals surface area contributed by atoms with Gasteiger partial charge < -0.3 is 5.32 Å². The van der Waals surface area contributed by atoms with E-state index < -0.39 is 16.7 Å². The third kappa shape index (κ3) is 7.85. The van der Waals surface area contributed by atoms with Gasteiger partial charge in [0.1, 0.15) is 5.57 Å². The summed E-state index contributed by atoms with van der Waals surface area (Å²) in [5.74, 6) is -1.77. The van der Waals surface area contributed by atoms with Gasteiger partial charge >= 0.3 is 0 Å². The fourth-order valence-corrected chi connectivity index (χ4v) is 8.57. The Morgan fingerprint density at radius 1 is 0.855 bits per heavy atom. The lowest BCUT2D eigenvalue weighted by Crippen LogP contribution is -2.57. The van der Waals surface area contributed by atoms with Crippen LogP contribution in [0, 0.1) is 24.0 Å². The minimum atomic E-state index is -0.733. The number of rotatable bonds is 8. The van der Waals surface area contributed by atoms with Crippen LogP contribution in [0.1, 0.15) is 27.0 Å². The first-order valence-electron chi connectivity index (χ1n) is 16.2. The number of aromatic nitrogens is 1. The van der Waals surface area contributed by atoms with E-state index in [9.17, 15) is 24.5 Å². The van der Waals surface area contributed by atoms with Crippen LogP contribution in [0.3, 0.4) is 0 Å². The van der Waals surface area contributed by atoms with E-state index >= 15 is 0 Å². The fourth-order valence-electron chi connectivity index (χ4n) is 5.57. The fraction of sp³-hybridized carbons (Fsp3) is 0.0513. The number of nitro benzene ring substituents is 1. The SMILES string of the molecule is Cc1ccc(N2C(=O)C(=Cc3ccc(Sc4nc5ccc(NC(=O)c6ccc(Cl)cc6)cc5s4)c([N+](=O)[O-])c3)C(=O)N(c3ccc(C)c(Cl)c3)C2=S)cc1Cl. The van der Waals surface area contributed by atoms with Crippen LogP contribution >= 0.6 is 70.1 Å². The van der Waals surface area contributed by atoms with Crippen LogP contribution in [-0.4, -0.2) is 32.7 Å². The van der Waals surface area contributed by atoms with E-state index in [1.807, 2.05) is 13.8 Å². The number of fused-ring (bicyclic) bond motifs is 1. The largest absolute Gasteiger partial charge is 0.322 e. The molecule has 0 bridgehead atoms. The molecular formula is C39H24Cl3N5O5S3. The lowest BCUT2D eigenvalue weighted by molar-refractivity contribution is -0.387. The Bertz CT molecular complexity index is 2570. The van der Waals surface area contributed by atoms with Crippen LogP contribution in [0.25, 0.3) is 16.3 Å². The summed E-state index contributed by atoms with van der Waals surface area (Å²) in [6.07, 6.45) is 1.30. The number of hydrogen-bond donors (Lipinski definition) is 1. The molecule has 0 spiro atoms. The highest BCUT2D eigenvalue weighted by molar-refractivity contribution is 8.01. The number of carbonyl (C=O) groups is 3. The summed E-state index contributed by atoms with van der Waals surface area (Å²) in [7, 11) is 0. The van der Waals surface area contributed by atoms with Gasteiger partial charge in [-0.2, -0.15) is 0 Å². The van der Waals surface area contributed by atoms with Crippen LogP contribution in [0.15, 0.2) is 112 Å². The Kier molecular flexibility index (Phi) is 10.8. The molecule has 55 heavy (non-hydrogen) atoms.